The molecular formula is C31H42O3PS+. The third kappa shape index (κ3) is 5.03. The quantitative estimate of drug-likeness (QED) is 0.191. The van der Waals surface area contributed by atoms with Crippen molar-refractivity contribution in [2.75, 3.05) is 18.1 Å². The van der Waals surface area contributed by atoms with E-state index in [1.54, 1.807) is 11.8 Å². The second kappa shape index (κ2) is 11.2. The van der Waals surface area contributed by atoms with Crippen LogP contribution in [0.25, 0.3) is 0 Å². The highest BCUT2D eigenvalue weighted by Crippen LogP contribution is 2.79. The van der Waals surface area contributed by atoms with Crippen LogP contribution in [0.15, 0.2) is 60.7 Å². The van der Waals surface area contributed by atoms with Gasteiger partial charge in [0.05, 0.1) is 23.6 Å². The first-order chi connectivity index (χ1) is 17.4. The fraction of sp³-hybridized carbons (Fsp3) is 0.581. The Hall–Kier alpha value is -1.35. The van der Waals surface area contributed by atoms with Crippen LogP contribution in [-0.4, -0.2) is 46.9 Å². The van der Waals surface area contributed by atoms with Gasteiger partial charge in [0.15, 0.2) is 0 Å². The van der Waals surface area contributed by atoms with Crippen molar-refractivity contribution in [2.45, 2.75) is 87.8 Å². The molecule has 0 radical (unpaired) electrons. The lowest BCUT2D eigenvalue weighted by atomic mass is 9.85. The molecule has 3 saturated heterocycles. The third-order valence-corrected chi connectivity index (χ3v) is 16.3. The van der Waals surface area contributed by atoms with Gasteiger partial charge in [0.25, 0.3) is 0 Å². The van der Waals surface area contributed by atoms with Crippen molar-refractivity contribution in [3.05, 3.63) is 71.8 Å². The van der Waals surface area contributed by atoms with E-state index in [4.69, 9.17) is 9.47 Å². The van der Waals surface area contributed by atoms with Crippen molar-refractivity contribution in [1.82, 2.24) is 0 Å². The van der Waals surface area contributed by atoms with Crippen LogP contribution >= 0.6 is 19.0 Å². The predicted octanol–water partition coefficient (Wildman–Crippen LogP) is 7.73. The van der Waals surface area contributed by atoms with Gasteiger partial charge in [-0.15, -0.1) is 11.8 Å². The molecule has 0 amide bonds. The molecule has 2 aromatic rings. The molecule has 5 rings (SSSR count). The Labute approximate surface area is 222 Å². The van der Waals surface area contributed by atoms with E-state index < -0.39 is 12.9 Å². The minimum atomic E-state index is -1.28. The van der Waals surface area contributed by atoms with Crippen molar-refractivity contribution < 1.29 is 14.3 Å². The summed E-state index contributed by atoms with van der Waals surface area (Å²) in [6, 6.07) is 20.0. The van der Waals surface area contributed by atoms with Gasteiger partial charge in [0.2, 0.25) is 5.60 Å². The first kappa shape index (κ1) is 26.3. The van der Waals surface area contributed by atoms with Crippen molar-refractivity contribution in [1.29, 1.82) is 0 Å². The average molecular weight is 526 g/mol. The van der Waals surface area contributed by atoms with Gasteiger partial charge in [0.1, 0.15) is 11.5 Å². The monoisotopic (exact) mass is 525 g/mol. The van der Waals surface area contributed by atoms with Crippen molar-refractivity contribution >= 4 is 25.0 Å². The lowest BCUT2D eigenvalue weighted by Gasteiger charge is -2.40. The van der Waals surface area contributed by atoms with E-state index in [2.05, 4.69) is 20.8 Å². The largest absolute Gasteiger partial charge is 0.459 e. The normalized spacial score (nSPS) is 25.8. The summed E-state index contributed by atoms with van der Waals surface area (Å²) in [5.74, 6) is 1.29. The summed E-state index contributed by atoms with van der Waals surface area (Å²) < 4.78 is 13.3. The molecule has 194 valence electrons. The molecular weight excluding hydrogens is 483 g/mol. The minimum absolute atomic E-state index is 0.00949. The van der Waals surface area contributed by atoms with Gasteiger partial charge in [-0.25, -0.2) is 4.79 Å². The highest BCUT2D eigenvalue weighted by Gasteiger charge is 2.62. The van der Waals surface area contributed by atoms with E-state index in [1.165, 1.54) is 38.0 Å². The van der Waals surface area contributed by atoms with Crippen LogP contribution in [0.1, 0.15) is 70.4 Å². The average Bonchev–Trinajstić information content (AvgIpc) is 3.43. The zero-order valence-electron chi connectivity index (χ0n) is 22.1. The Morgan fingerprint density at radius 1 is 0.917 bits per heavy atom. The Morgan fingerprint density at radius 2 is 1.44 bits per heavy atom. The molecule has 5 heteroatoms. The highest BCUT2D eigenvalue weighted by atomic mass is 32.2. The Kier molecular flexibility index (Phi) is 8.15. The Balaban J connectivity index is 1.45. The number of rotatable bonds is 9. The van der Waals surface area contributed by atoms with E-state index in [9.17, 15) is 4.79 Å². The van der Waals surface area contributed by atoms with E-state index >= 15 is 0 Å². The molecule has 0 aliphatic carbocycles. The van der Waals surface area contributed by atoms with Gasteiger partial charge >= 0.3 is 5.97 Å². The number of carbonyl (C=O) groups excluding carboxylic acids is 1. The molecule has 3 fully saturated rings. The molecule has 3 unspecified atom stereocenters. The maximum atomic E-state index is 14.4. The molecule has 3 nitrogen and oxygen atoms in total. The van der Waals surface area contributed by atoms with Crippen molar-refractivity contribution in [2.24, 2.45) is 5.92 Å². The second-order valence-corrected chi connectivity index (χ2v) is 17.4. The third-order valence-electron chi connectivity index (χ3n) is 8.69. The van der Waals surface area contributed by atoms with E-state index in [-0.39, 0.29) is 17.5 Å². The summed E-state index contributed by atoms with van der Waals surface area (Å²) in [7, 11) is -0.816. The summed E-state index contributed by atoms with van der Waals surface area (Å²) in [4.78, 5) is 14.4. The van der Waals surface area contributed by atoms with Crippen molar-refractivity contribution in [3.8, 4) is 0 Å². The molecule has 2 aromatic carbocycles. The van der Waals surface area contributed by atoms with Crippen molar-refractivity contribution in [3.63, 3.8) is 0 Å². The number of carbonyl (C=O) groups is 1. The first-order valence-electron chi connectivity index (χ1n) is 13.9. The molecule has 0 N–H and O–H groups in total. The van der Waals surface area contributed by atoms with Crippen LogP contribution < -0.4 is 0 Å². The standard InChI is InChI=1S/C31H42O3PS/c1-23(2)22-36-24(3)34-31(25-12-6-4-7-13-25,26-14-8-5-9-15-26)30(32)33-27-20-28-16-17-29(21-27)35(28)18-10-11-19-35/h4-9,12-15,23-24,27-29H,10-11,16-22H2,1-3H3/q+1. The van der Waals surface area contributed by atoms with Gasteiger partial charge in [-0.2, -0.15) is 0 Å². The molecule has 36 heavy (non-hydrogen) atoms. The van der Waals surface area contributed by atoms with Gasteiger partial charge in [-0.1, -0.05) is 74.5 Å². The van der Waals surface area contributed by atoms with Crippen LogP contribution in [0.5, 0.6) is 0 Å². The molecule has 2 bridgehead atoms. The number of ether oxygens (including phenoxy) is 2. The predicted molar refractivity (Wildman–Crippen MR) is 153 cm³/mol. The molecule has 3 aliphatic rings. The van der Waals surface area contributed by atoms with E-state index in [0.29, 0.717) is 5.92 Å². The number of hydrogen-bond acceptors (Lipinski definition) is 4. The number of hydrogen-bond donors (Lipinski definition) is 0. The van der Waals surface area contributed by atoms with Gasteiger partial charge in [0, 0.05) is 20.1 Å². The van der Waals surface area contributed by atoms with Crippen LogP contribution in [0.2, 0.25) is 0 Å². The lowest BCUT2D eigenvalue weighted by molar-refractivity contribution is -0.176. The Morgan fingerprint density at radius 3 is 1.94 bits per heavy atom. The van der Waals surface area contributed by atoms with Crippen LogP contribution in [0.4, 0.5) is 0 Å². The van der Waals surface area contributed by atoms with Gasteiger partial charge < -0.3 is 9.47 Å². The minimum Gasteiger partial charge on any atom is -0.459 e. The lowest BCUT2D eigenvalue weighted by Crippen LogP contribution is -2.46. The van der Waals surface area contributed by atoms with E-state index in [0.717, 1.165) is 41.0 Å². The maximum Gasteiger partial charge on any atom is 0.348 e. The summed E-state index contributed by atoms with van der Waals surface area (Å²) in [6.45, 7) is 6.50. The number of thioether (sulfide) groups is 1. The van der Waals surface area contributed by atoms with Crippen LogP contribution in [0.3, 0.4) is 0 Å². The molecule has 1 spiro atoms. The number of benzene rings is 2. The zero-order valence-corrected chi connectivity index (χ0v) is 23.8. The van der Waals surface area contributed by atoms with E-state index in [1.807, 2.05) is 60.7 Å². The number of esters is 1. The topological polar surface area (TPSA) is 35.5 Å². The highest BCUT2D eigenvalue weighted by molar-refractivity contribution is 7.99. The smallest absolute Gasteiger partial charge is 0.348 e. The fourth-order valence-corrected chi connectivity index (χ4v) is 14.5. The van der Waals surface area contributed by atoms with Gasteiger partial charge in [-0.05, 0) is 55.4 Å². The fourth-order valence-electron chi connectivity index (χ4n) is 7.08. The molecule has 0 saturated carbocycles. The zero-order chi connectivity index (χ0) is 25.2. The summed E-state index contributed by atoms with van der Waals surface area (Å²) in [5.41, 5.74) is 1.90. The molecule has 3 aliphatic heterocycles. The summed E-state index contributed by atoms with van der Waals surface area (Å²) in [5, 5.41) is 0. The molecule has 3 atom stereocenters. The SMILES string of the molecule is CC(C)CSC(C)OC(C(=O)OC1CC2CCC(C1)[P+]21CCCC1)(c1ccccc1)c1ccccc1. The second-order valence-electron chi connectivity index (χ2n) is 11.5. The van der Waals surface area contributed by atoms with Crippen LogP contribution in [0, 0.1) is 5.92 Å². The summed E-state index contributed by atoms with van der Waals surface area (Å²) in [6.07, 6.45) is 10.7. The Bertz CT molecular complexity index is 949. The van der Waals surface area contributed by atoms with Crippen LogP contribution in [-0.2, 0) is 19.9 Å². The summed E-state index contributed by atoms with van der Waals surface area (Å²) >= 11 is 1.76. The first-order valence-corrected chi connectivity index (χ1v) is 17.3. The molecule has 0 aromatic heterocycles. The molecule has 3 heterocycles. The van der Waals surface area contributed by atoms with Gasteiger partial charge in [-0.3, -0.25) is 0 Å². The maximum absolute atomic E-state index is 14.4.